The van der Waals surface area contributed by atoms with Crippen LogP contribution in [0.25, 0.3) is 0 Å². The Morgan fingerprint density at radius 2 is 1.25 bits per heavy atom. The first-order valence-electron chi connectivity index (χ1n) is 20.1. The van der Waals surface area contributed by atoms with Gasteiger partial charge in [-0.15, -0.1) is 0 Å². The molecule has 3 aromatic rings. The number of halogens is 3. The molecule has 0 N–H and O–H groups in total. The molecule has 10 heteroatoms. The summed E-state index contributed by atoms with van der Waals surface area (Å²) < 4.78 is 41.6. The zero-order chi connectivity index (χ0) is 37.6. The van der Waals surface area contributed by atoms with Crippen molar-refractivity contribution in [3.8, 4) is 0 Å². The molecule has 3 aliphatic rings. The van der Waals surface area contributed by atoms with Crippen molar-refractivity contribution in [3.63, 3.8) is 0 Å². The second-order valence-electron chi connectivity index (χ2n) is 16.3. The van der Waals surface area contributed by atoms with Crippen LogP contribution in [0.1, 0.15) is 67.2 Å². The van der Waals surface area contributed by atoms with Gasteiger partial charge in [-0.3, -0.25) is 14.7 Å². The van der Waals surface area contributed by atoms with E-state index in [1.165, 1.54) is 12.3 Å². The van der Waals surface area contributed by atoms with Crippen molar-refractivity contribution in [1.29, 1.82) is 0 Å². The third-order valence-corrected chi connectivity index (χ3v) is 12.3. The number of rotatable bonds is 13. The van der Waals surface area contributed by atoms with E-state index < -0.39 is 0 Å². The summed E-state index contributed by atoms with van der Waals surface area (Å²) in [7, 11) is 0. The molecule has 2 aromatic carbocycles. The first kappa shape index (κ1) is 39.4. The lowest BCUT2D eigenvalue weighted by Gasteiger charge is -2.52. The maximum atomic E-state index is 14.0. The van der Waals surface area contributed by atoms with E-state index in [1.807, 2.05) is 24.3 Å². The SMILES string of the molecule is CCC(C)CN1C(C[C@@H]2CN(c3ccc(F)cc3)CCN2C(C)CC[C@@H]2CN(c3ccc(F)cn3)CCN2C(C)C)CN(c2ccc(F)cc2)C[C@H]1C. The van der Waals surface area contributed by atoms with Gasteiger partial charge in [0, 0.05) is 107 Å². The van der Waals surface area contributed by atoms with Crippen molar-refractivity contribution in [2.24, 2.45) is 5.92 Å². The molecule has 0 bridgehead atoms. The van der Waals surface area contributed by atoms with Gasteiger partial charge in [0.05, 0.1) is 6.20 Å². The topological polar surface area (TPSA) is 32.3 Å². The van der Waals surface area contributed by atoms with Gasteiger partial charge in [0.25, 0.3) is 0 Å². The second kappa shape index (κ2) is 17.9. The highest BCUT2D eigenvalue weighted by Gasteiger charge is 2.39. The summed E-state index contributed by atoms with van der Waals surface area (Å²) in [6.45, 7) is 22.3. The van der Waals surface area contributed by atoms with E-state index in [0.717, 1.165) is 102 Å². The summed E-state index contributed by atoms with van der Waals surface area (Å²) in [5, 5.41) is 0. The standard InChI is InChI=1S/C43H62F3N7/c1-7-32(4)26-53-34(6)27-50(39-17-11-36(45)12-18-39)30-42(53)24-41-29-48(38-15-9-35(44)10-16-38)20-23-52(41)33(5)8-14-40-28-49(21-22-51(40)31(2)3)43-19-13-37(46)25-47-43/h9-13,15-19,25,31-34,40-42H,7-8,14,20-24,26-30H2,1-6H3/t32?,33?,34-,40-,41-,42?/m1/s1. The Hall–Kier alpha value is -3.34. The normalized spacial score (nSPS) is 24.9. The number of piperazine rings is 3. The summed E-state index contributed by atoms with van der Waals surface area (Å²) in [5.41, 5.74) is 2.16. The molecule has 0 amide bonds. The second-order valence-corrected chi connectivity index (χ2v) is 16.3. The first-order chi connectivity index (χ1) is 25.5. The summed E-state index contributed by atoms with van der Waals surface area (Å²) in [4.78, 5) is 19.8. The Morgan fingerprint density at radius 1 is 0.660 bits per heavy atom. The van der Waals surface area contributed by atoms with Gasteiger partial charge in [0.1, 0.15) is 23.3 Å². The van der Waals surface area contributed by atoms with E-state index in [1.54, 1.807) is 30.3 Å². The smallest absolute Gasteiger partial charge is 0.141 e. The number of nitrogens with zero attached hydrogens (tertiary/aromatic N) is 7. The lowest BCUT2D eigenvalue weighted by atomic mass is 9.93. The average molecular weight is 734 g/mol. The molecule has 3 fully saturated rings. The Morgan fingerprint density at radius 3 is 1.87 bits per heavy atom. The molecule has 7 nitrogen and oxygen atoms in total. The Balaban J connectivity index is 1.22. The van der Waals surface area contributed by atoms with E-state index >= 15 is 0 Å². The monoisotopic (exact) mass is 734 g/mol. The zero-order valence-electron chi connectivity index (χ0n) is 32.8. The predicted molar refractivity (Wildman–Crippen MR) is 212 cm³/mol. The number of benzene rings is 2. The third-order valence-electron chi connectivity index (χ3n) is 12.3. The fraction of sp³-hybridized carbons (Fsp3) is 0.605. The molecule has 0 aliphatic carbocycles. The number of anilines is 3. The van der Waals surface area contributed by atoms with E-state index in [-0.39, 0.29) is 17.5 Å². The van der Waals surface area contributed by atoms with E-state index in [4.69, 9.17) is 0 Å². The lowest BCUT2D eigenvalue weighted by Crippen LogP contribution is -2.63. The van der Waals surface area contributed by atoms with E-state index in [0.29, 0.717) is 42.2 Å². The van der Waals surface area contributed by atoms with Gasteiger partial charge in [0.15, 0.2) is 0 Å². The van der Waals surface area contributed by atoms with Gasteiger partial charge < -0.3 is 14.7 Å². The largest absolute Gasteiger partial charge is 0.369 e. The molecule has 3 unspecified atom stereocenters. The van der Waals surface area contributed by atoms with Gasteiger partial charge in [-0.25, -0.2) is 18.2 Å². The van der Waals surface area contributed by atoms with Crippen LogP contribution in [0.4, 0.5) is 30.4 Å². The molecule has 3 saturated heterocycles. The predicted octanol–water partition coefficient (Wildman–Crippen LogP) is 7.77. The molecule has 290 valence electrons. The van der Waals surface area contributed by atoms with Gasteiger partial charge in [-0.1, -0.05) is 20.3 Å². The number of hydrogen-bond acceptors (Lipinski definition) is 7. The van der Waals surface area contributed by atoms with Gasteiger partial charge >= 0.3 is 0 Å². The van der Waals surface area contributed by atoms with Crippen LogP contribution in [-0.4, -0.2) is 115 Å². The van der Waals surface area contributed by atoms with Crippen LogP contribution < -0.4 is 14.7 Å². The minimum absolute atomic E-state index is 0.203. The average Bonchev–Trinajstić information content (AvgIpc) is 3.15. The highest BCUT2D eigenvalue weighted by atomic mass is 19.1. The van der Waals surface area contributed by atoms with Gasteiger partial charge in [-0.05, 0) is 114 Å². The van der Waals surface area contributed by atoms with Crippen LogP contribution in [0.15, 0.2) is 66.9 Å². The fourth-order valence-corrected chi connectivity index (χ4v) is 9.14. The summed E-state index contributed by atoms with van der Waals surface area (Å²) in [6, 6.07) is 19.5. The summed E-state index contributed by atoms with van der Waals surface area (Å²) >= 11 is 0. The van der Waals surface area contributed by atoms with Crippen molar-refractivity contribution in [3.05, 3.63) is 84.3 Å². The third kappa shape index (κ3) is 9.86. The van der Waals surface area contributed by atoms with Crippen molar-refractivity contribution in [2.75, 3.05) is 73.6 Å². The summed E-state index contributed by atoms with van der Waals surface area (Å²) in [5.74, 6) is 0.734. The Kier molecular flexibility index (Phi) is 13.3. The van der Waals surface area contributed by atoms with Gasteiger partial charge in [0.2, 0.25) is 0 Å². The van der Waals surface area contributed by atoms with Gasteiger partial charge in [-0.2, -0.15) is 0 Å². The number of pyridine rings is 1. The first-order valence-corrected chi connectivity index (χ1v) is 20.1. The Bertz CT molecular complexity index is 1560. The van der Waals surface area contributed by atoms with Crippen LogP contribution >= 0.6 is 0 Å². The minimum Gasteiger partial charge on any atom is -0.369 e. The van der Waals surface area contributed by atoms with Crippen LogP contribution in [0.3, 0.4) is 0 Å². The molecular formula is C43H62F3N7. The van der Waals surface area contributed by atoms with Crippen LogP contribution in [0.2, 0.25) is 0 Å². The van der Waals surface area contributed by atoms with Crippen molar-refractivity contribution >= 4 is 17.2 Å². The molecule has 1 aromatic heterocycles. The number of aromatic nitrogens is 1. The maximum Gasteiger partial charge on any atom is 0.141 e. The maximum absolute atomic E-state index is 14.0. The van der Waals surface area contributed by atoms with E-state index in [9.17, 15) is 13.2 Å². The minimum atomic E-state index is -0.303. The van der Waals surface area contributed by atoms with E-state index in [2.05, 4.69) is 75.9 Å². The quantitative estimate of drug-likeness (QED) is 0.178. The van der Waals surface area contributed by atoms with Crippen molar-refractivity contribution in [1.82, 2.24) is 19.7 Å². The lowest BCUT2D eigenvalue weighted by molar-refractivity contribution is 0.0473. The highest BCUT2D eigenvalue weighted by molar-refractivity contribution is 5.48. The molecule has 0 radical (unpaired) electrons. The molecule has 0 spiro atoms. The highest BCUT2D eigenvalue weighted by Crippen LogP contribution is 2.31. The van der Waals surface area contributed by atoms with Crippen molar-refractivity contribution in [2.45, 2.75) is 103 Å². The molecule has 53 heavy (non-hydrogen) atoms. The zero-order valence-corrected chi connectivity index (χ0v) is 32.8. The molecule has 4 heterocycles. The van der Waals surface area contributed by atoms with Crippen molar-refractivity contribution < 1.29 is 13.2 Å². The molecular weight excluding hydrogens is 672 g/mol. The summed E-state index contributed by atoms with van der Waals surface area (Å²) in [6.07, 6.45) is 5.63. The number of hydrogen-bond donors (Lipinski definition) is 0. The fourth-order valence-electron chi connectivity index (χ4n) is 9.14. The van der Waals surface area contributed by atoms with Crippen LogP contribution in [0.5, 0.6) is 0 Å². The van der Waals surface area contributed by atoms with Crippen LogP contribution in [-0.2, 0) is 0 Å². The molecule has 3 aliphatic heterocycles. The van der Waals surface area contributed by atoms with Crippen LogP contribution in [0, 0.1) is 23.4 Å². The molecule has 6 atom stereocenters. The molecule has 0 saturated carbocycles. The Labute approximate surface area is 316 Å². The molecule has 6 rings (SSSR count).